The van der Waals surface area contributed by atoms with E-state index in [2.05, 4.69) is 5.32 Å². The van der Waals surface area contributed by atoms with E-state index in [1.165, 1.54) is 4.90 Å². The molecule has 1 aliphatic carbocycles. The van der Waals surface area contributed by atoms with Crippen molar-refractivity contribution in [3.63, 3.8) is 0 Å². The van der Waals surface area contributed by atoms with Gasteiger partial charge in [0.05, 0.1) is 11.3 Å². The normalized spacial score (nSPS) is 23.6. The fourth-order valence-electron chi connectivity index (χ4n) is 4.54. The van der Waals surface area contributed by atoms with E-state index in [4.69, 9.17) is 5.73 Å². The summed E-state index contributed by atoms with van der Waals surface area (Å²) < 4.78 is 41.2. The monoisotopic (exact) mass is 488 g/mol. The first-order valence-corrected chi connectivity index (χ1v) is 12.9. The van der Waals surface area contributed by atoms with Gasteiger partial charge in [-0.05, 0) is 55.5 Å². The molecule has 1 atom stereocenters. The van der Waals surface area contributed by atoms with Crippen LogP contribution in [0.3, 0.4) is 0 Å². The molecule has 0 spiro atoms. The van der Waals surface area contributed by atoms with Gasteiger partial charge in [0.25, 0.3) is 5.91 Å². The zero-order valence-corrected chi connectivity index (χ0v) is 19.6. The summed E-state index contributed by atoms with van der Waals surface area (Å²) in [4.78, 5) is 27.8. The number of nitrogens with two attached hydrogens (primary N) is 1. The number of carbonyl (C=O) groups is 2. The molecule has 34 heavy (non-hydrogen) atoms. The summed E-state index contributed by atoms with van der Waals surface area (Å²) in [5, 5.41) is 2.94. The van der Waals surface area contributed by atoms with Crippen LogP contribution in [0.5, 0.6) is 0 Å². The third-order valence-electron chi connectivity index (χ3n) is 6.42. The van der Waals surface area contributed by atoms with Crippen molar-refractivity contribution in [2.24, 2.45) is 5.73 Å². The van der Waals surface area contributed by atoms with Crippen LogP contribution >= 0.6 is 0 Å². The minimum absolute atomic E-state index is 0.0339. The second kappa shape index (κ2) is 10.2. The minimum Gasteiger partial charge on any atom is -0.350 e. The largest absolute Gasteiger partial charge is 0.350 e. The van der Waals surface area contributed by atoms with E-state index in [1.807, 2.05) is 18.2 Å². The number of carbonyl (C=O) groups excluding carboxylic acids is 2. The van der Waals surface area contributed by atoms with Crippen molar-refractivity contribution in [3.8, 4) is 0 Å². The summed E-state index contributed by atoms with van der Waals surface area (Å²) >= 11 is 0. The molecule has 1 heterocycles. The maximum absolute atomic E-state index is 13.4. The first-order chi connectivity index (χ1) is 16.3. The molecule has 8 nitrogen and oxygen atoms in total. The highest BCUT2D eigenvalue weighted by molar-refractivity contribution is 7.89. The molecular formula is C24H29FN4O4S. The minimum atomic E-state index is -4.15. The number of halogens is 1. The van der Waals surface area contributed by atoms with Crippen molar-refractivity contribution >= 4 is 21.8 Å². The van der Waals surface area contributed by atoms with Crippen molar-refractivity contribution in [2.45, 2.75) is 55.2 Å². The first-order valence-electron chi connectivity index (χ1n) is 11.4. The zero-order chi connectivity index (χ0) is 24.3. The van der Waals surface area contributed by atoms with E-state index in [1.54, 1.807) is 12.1 Å². The fraction of sp³-hybridized carbons (Fsp3) is 0.417. The molecule has 2 aromatic rings. The SMILES string of the molecule is NC1CCC(NC(=O)C2N(C(=O)Cc3ccccc3)CCN2S(=O)(=O)c2ccc(F)cc2)CC1. The van der Waals surface area contributed by atoms with Gasteiger partial charge in [0.1, 0.15) is 5.82 Å². The Labute approximate surface area is 199 Å². The molecule has 10 heteroatoms. The Morgan fingerprint density at radius 1 is 0.971 bits per heavy atom. The van der Waals surface area contributed by atoms with Gasteiger partial charge in [0.15, 0.2) is 6.17 Å². The Bertz CT molecular complexity index is 1120. The highest BCUT2D eigenvalue weighted by Crippen LogP contribution is 2.26. The molecule has 4 rings (SSSR count). The van der Waals surface area contributed by atoms with Gasteiger partial charge in [-0.1, -0.05) is 30.3 Å². The van der Waals surface area contributed by atoms with Crippen LogP contribution in [0, 0.1) is 5.82 Å². The van der Waals surface area contributed by atoms with Crippen LogP contribution < -0.4 is 11.1 Å². The Morgan fingerprint density at radius 3 is 2.26 bits per heavy atom. The summed E-state index contributed by atoms with van der Waals surface area (Å²) in [7, 11) is -4.15. The van der Waals surface area contributed by atoms with Crippen LogP contribution in [-0.2, 0) is 26.0 Å². The van der Waals surface area contributed by atoms with Crippen LogP contribution in [0.1, 0.15) is 31.2 Å². The van der Waals surface area contributed by atoms with Crippen LogP contribution in [0.4, 0.5) is 4.39 Å². The number of sulfonamides is 1. The third-order valence-corrected chi connectivity index (χ3v) is 8.29. The molecule has 1 aliphatic heterocycles. The van der Waals surface area contributed by atoms with Gasteiger partial charge in [-0.2, -0.15) is 4.31 Å². The van der Waals surface area contributed by atoms with Gasteiger partial charge in [0.2, 0.25) is 15.9 Å². The lowest BCUT2D eigenvalue weighted by atomic mass is 9.92. The van der Waals surface area contributed by atoms with Crippen molar-refractivity contribution in [1.29, 1.82) is 0 Å². The molecule has 1 saturated carbocycles. The smallest absolute Gasteiger partial charge is 0.259 e. The first kappa shape index (κ1) is 24.3. The molecule has 2 aliphatic rings. The van der Waals surface area contributed by atoms with Crippen LogP contribution in [0.25, 0.3) is 0 Å². The summed E-state index contributed by atoms with van der Waals surface area (Å²) in [6.07, 6.45) is 1.66. The average molecular weight is 489 g/mol. The predicted molar refractivity (Wildman–Crippen MR) is 124 cm³/mol. The lowest BCUT2D eigenvalue weighted by molar-refractivity contribution is -0.140. The van der Waals surface area contributed by atoms with Crippen molar-refractivity contribution in [2.75, 3.05) is 13.1 Å². The van der Waals surface area contributed by atoms with E-state index in [0.29, 0.717) is 12.8 Å². The molecule has 0 bridgehead atoms. The molecule has 0 radical (unpaired) electrons. The van der Waals surface area contributed by atoms with Crippen LogP contribution in [0.15, 0.2) is 59.5 Å². The highest BCUT2D eigenvalue weighted by atomic mass is 32.2. The molecule has 2 fully saturated rings. The number of nitrogens with zero attached hydrogens (tertiary/aromatic N) is 2. The summed E-state index contributed by atoms with van der Waals surface area (Å²) in [6, 6.07) is 13.5. The second-order valence-corrected chi connectivity index (χ2v) is 10.7. The molecular weight excluding hydrogens is 459 g/mol. The molecule has 182 valence electrons. The lowest BCUT2D eigenvalue weighted by Gasteiger charge is -2.32. The Kier molecular flexibility index (Phi) is 7.30. The number of hydrogen-bond donors (Lipinski definition) is 2. The van der Waals surface area contributed by atoms with Gasteiger partial charge in [-0.3, -0.25) is 9.59 Å². The summed E-state index contributed by atoms with van der Waals surface area (Å²) in [5.41, 5.74) is 6.73. The predicted octanol–water partition coefficient (Wildman–Crippen LogP) is 1.61. The fourth-order valence-corrected chi connectivity index (χ4v) is 6.09. The van der Waals surface area contributed by atoms with E-state index in [9.17, 15) is 22.4 Å². The second-order valence-electron chi connectivity index (χ2n) is 8.81. The topological polar surface area (TPSA) is 113 Å². The lowest BCUT2D eigenvalue weighted by Crippen LogP contribution is -2.56. The molecule has 1 unspecified atom stereocenters. The Hall–Kier alpha value is -2.82. The van der Waals surface area contributed by atoms with Crippen LogP contribution in [-0.4, -0.2) is 60.8 Å². The molecule has 2 amide bonds. The maximum atomic E-state index is 13.4. The number of hydrogen-bond acceptors (Lipinski definition) is 5. The van der Waals surface area contributed by atoms with Gasteiger partial charge >= 0.3 is 0 Å². The standard InChI is InChI=1S/C24H29FN4O4S/c25-18-6-12-21(13-7-18)34(32,33)29-15-14-28(22(30)16-17-4-2-1-3-5-17)24(29)23(31)27-20-10-8-19(26)9-11-20/h1-7,12-13,19-20,24H,8-11,14-16,26H2,(H,27,31). The molecule has 2 aromatic carbocycles. The summed E-state index contributed by atoms with van der Waals surface area (Å²) in [6.45, 7) is 0.0492. The van der Waals surface area contributed by atoms with E-state index in [0.717, 1.165) is 47.0 Å². The van der Waals surface area contributed by atoms with Gasteiger partial charge in [-0.15, -0.1) is 0 Å². The van der Waals surface area contributed by atoms with Crippen LogP contribution in [0.2, 0.25) is 0 Å². The van der Waals surface area contributed by atoms with Gasteiger partial charge in [0, 0.05) is 25.2 Å². The molecule has 0 aromatic heterocycles. The summed E-state index contributed by atoms with van der Waals surface area (Å²) in [5.74, 6) is -1.44. The Morgan fingerprint density at radius 2 is 1.62 bits per heavy atom. The highest BCUT2D eigenvalue weighted by Gasteiger charge is 2.46. The molecule has 3 N–H and O–H groups in total. The quantitative estimate of drug-likeness (QED) is 0.642. The Balaban J connectivity index is 1.60. The van der Waals surface area contributed by atoms with Crippen molar-refractivity contribution in [3.05, 3.63) is 66.0 Å². The van der Waals surface area contributed by atoms with Gasteiger partial charge in [-0.25, -0.2) is 12.8 Å². The van der Waals surface area contributed by atoms with Crippen molar-refractivity contribution in [1.82, 2.24) is 14.5 Å². The number of rotatable bonds is 6. The van der Waals surface area contributed by atoms with E-state index < -0.39 is 27.9 Å². The van der Waals surface area contributed by atoms with Crippen molar-refractivity contribution < 1.29 is 22.4 Å². The number of amides is 2. The number of nitrogens with one attached hydrogen (secondary N) is 1. The third kappa shape index (κ3) is 5.29. The van der Waals surface area contributed by atoms with E-state index in [-0.39, 0.29) is 42.4 Å². The average Bonchev–Trinajstić information content (AvgIpc) is 3.28. The zero-order valence-electron chi connectivity index (χ0n) is 18.8. The van der Waals surface area contributed by atoms with E-state index >= 15 is 0 Å². The number of benzene rings is 2. The maximum Gasteiger partial charge on any atom is 0.259 e. The molecule has 1 saturated heterocycles. The van der Waals surface area contributed by atoms with Gasteiger partial charge < -0.3 is 16.0 Å².